The lowest BCUT2D eigenvalue weighted by atomic mass is 9.89. The summed E-state index contributed by atoms with van der Waals surface area (Å²) in [4.78, 5) is 23.5. The molecule has 0 aromatic rings. The van der Waals surface area contributed by atoms with Crippen molar-refractivity contribution in [1.82, 2.24) is 16.0 Å². The highest BCUT2D eigenvalue weighted by atomic mass is 16.2. The summed E-state index contributed by atoms with van der Waals surface area (Å²) in [7, 11) is 0. The van der Waals surface area contributed by atoms with Crippen LogP contribution in [0.1, 0.15) is 40.0 Å². The molecule has 2 atom stereocenters. The van der Waals surface area contributed by atoms with Crippen molar-refractivity contribution in [3.05, 3.63) is 0 Å². The average Bonchev–Trinajstić information content (AvgIpc) is 2.77. The van der Waals surface area contributed by atoms with Crippen molar-refractivity contribution < 1.29 is 9.59 Å². The van der Waals surface area contributed by atoms with Crippen LogP contribution in [-0.4, -0.2) is 37.5 Å². The van der Waals surface area contributed by atoms with Crippen molar-refractivity contribution in [1.29, 1.82) is 0 Å². The van der Waals surface area contributed by atoms with Gasteiger partial charge in [0.2, 0.25) is 11.8 Å². The summed E-state index contributed by atoms with van der Waals surface area (Å²) in [6.45, 7) is 7.98. The van der Waals surface area contributed by atoms with E-state index in [9.17, 15) is 9.59 Å². The van der Waals surface area contributed by atoms with Crippen LogP contribution in [0.25, 0.3) is 0 Å². The molecule has 0 bridgehead atoms. The number of carbonyl (C=O) groups is 2. The van der Waals surface area contributed by atoms with Crippen LogP contribution in [0.15, 0.2) is 0 Å². The van der Waals surface area contributed by atoms with Crippen molar-refractivity contribution in [2.45, 2.75) is 46.1 Å². The zero-order chi connectivity index (χ0) is 13.6. The minimum Gasteiger partial charge on any atom is -0.355 e. The molecule has 1 fully saturated rings. The largest absolute Gasteiger partial charge is 0.355 e. The molecule has 0 saturated carbocycles. The lowest BCUT2D eigenvalue weighted by Gasteiger charge is -2.21. The van der Waals surface area contributed by atoms with Gasteiger partial charge in [0.25, 0.3) is 0 Å². The van der Waals surface area contributed by atoms with E-state index >= 15 is 0 Å². The van der Waals surface area contributed by atoms with Gasteiger partial charge < -0.3 is 16.0 Å². The molecular weight excluding hydrogens is 230 g/mol. The van der Waals surface area contributed by atoms with Gasteiger partial charge in [-0.1, -0.05) is 6.92 Å². The molecule has 18 heavy (non-hydrogen) atoms. The number of carbonyl (C=O) groups excluding carboxylic acids is 2. The Hall–Kier alpha value is -1.10. The monoisotopic (exact) mass is 255 g/mol. The van der Waals surface area contributed by atoms with Gasteiger partial charge in [-0.05, 0) is 33.2 Å². The predicted octanol–water partition coefficient (Wildman–Crippen LogP) is 0.407. The SMILES string of the molecule is CCC(C)NC(=O)CCNC(=O)C1(C)CCNC1. The molecule has 1 aliphatic rings. The summed E-state index contributed by atoms with van der Waals surface area (Å²) < 4.78 is 0. The van der Waals surface area contributed by atoms with Crippen molar-refractivity contribution >= 4 is 11.8 Å². The maximum atomic E-state index is 11.9. The Bertz CT molecular complexity index is 299. The highest BCUT2D eigenvalue weighted by Gasteiger charge is 2.35. The van der Waals surface area contributed by atoms with Crippen LogP contribution in [-0.2, 0) is 9.59 Å². The first kappa shape index (κ1) is 15.0. The molecule has 3 N–H and O–H groups in total. The third kappa shape index (κ3) is 4.29. The van der Waals surface area contributed by atoms with E-state index in [1.165, 1.54) is 0 Å². The Morgan fingerprint density at radius 2 is 2.17 bits per heavy atom. The molecule has 104 valence electrons. The Morgan fingerprint density at radius 1 is 1.44 bits per heavy atom. The van der Waals surface area contributed by atoms with Gasteiger partial charge in [-0.25, -0.2) is 0 Å². The minimum absolute atomic E-state index is 0.000602. The van der Waals surface area contributed by atoms with Crippen LogP contribution in [0.3, 0.4) is 0 Å². The van der Waals surface area contributed by atoms with Gasteiger partial charge >= 0.3 is 0 Å². The van der Waals surface area contributed by atoms with E-state index in [2.05, 4.69) is 16.0 Å². The summed E-state index contributed by atoms with van der Waals surface area (Å²) in [5.74, 6) is 0.0446. The van der Waals surface area contributed by atoms with E-state index in [0.717, 1.165) is 25.9 Å². The van der Waals surface area contributed by atoms with Gasteiger partial charge in [0.1, 0.15) is 0 Å². The zero-order valence-electron chi connectivity index (χ0n) is 11.6. The molecule has 5 nitrogen and oxygen atoms in total. The molecular formula is C13H25N3O2. The van der Waals surface area contributed by atoms with Crippen molar-refractivity contribution in [3.8, 4) is 0 Å². The summed E-state index contributed by atoms with van der Waals surface area (Å²) in [5.41, 5.74) is -0.312. The number of rotatable bonds is 6. The summed E-state index contributed by atoms with van der Waals surface area (Å²) in [5, 5.41) is 8.91. The van der Waals surface area contributed by atoms with Gasteiger partial charge in [-0.3, -0.25) is 9.59 Å². The van der Waals surface area contributed by atoms with E-state index in [1.807, 2.05) is 20.8 Å². The van der Waals surface area contributed by atoms with Crippen LogP contribution >= 0.6 is 0 Å². The summed E-state index contributed by atoms with van der Waals surface area (Å²) in [6.07, 6.45) is 2.12. The molecule has 5 heteroatoms. The Morgan fingerprint density at radius 3 is 2.72 bits per heavy atom. The molecule has 2 amide bonds. The lowest BCUT2D eigenvalue weighted by molar-refractivity contribution is -0.129. The zero-order valence-corrected chi connectivity index (χ0v) is 11.6. The number of hydrogen-bond donors (Lipinski definition) is 3. The highest BCUT2D eigenvalue weighted by molar-refractivity contribution is 5.83. The third-order valence-electron chi connectivity index (χ3n) is 3.57. The van der Waals surface area contributed by atoms with Gasteiger partial charge in [0.05, 0.1) is 5.41 Å². The van der Waals surface area contributed by atoms with E-state index in [0.29, 0.717) is 13.0 Å². The smallest absolute Gasteiger partial charge is 0.227 e. The predicted molar refractivity (Wildman–Crippen MR) is 71.1 cm³/mol. The maximum Gasteiger partial charge on any atom is 0.227 e. The summed E-state index contributed by atoms with van der Waals surface area (Å²) >= 11 is 0. The maximum absolute atomic E-state index is 11.9. The molecule has 1 saturated heterocycles. The quantitative estimate of drug-likeness (QED) is 0.644. The normalized spacial score (nSPS) is 24.6. The Labute approximate surface area is 109 Å². The molecule has 2 unspecified atom stereocenters. The first-order valence-corrected chi connectivity index (χ1v) is 6.76. The second kappa shape index (κ2) is 6.73. The van der Waals surface area contributed by atoms with Crippen molar-refractivity contribution in [2.75, 3.05) is 19.6 Å². The van der Waals surface area contributed by atoms with Crippen molar-refractivity contribution in [3.63, 3.8) is 0 Å². The Balaban J connectivity index is 2.21. The van der Waals surface area contributed by atoms with E-state index < -0.39 is 0 Å². The Kier molecular flexibility index (Phi) is 5.59. The van der Waals surface area contributed by atoms with Crippen LogP contribution in [0.4, 0.5) is 0 Å². The first-order valence-electron chi connectivity index (χ1n) is 6.76. The van der Waals surface area contributed by atoms with E-state index in [4.69, 9.17) is 0 Å². The molecule has 0 aromatic carbocycles. The number of hydrogen-bond acceptors (Lipinski definition) is 3. The third-order valence-corrected chi connectivity index (χ3v) is 3.57. The summed E-state index contributed by atoms with van der Waals surface area (Å²) in [6, 6.07) is 0.199. The molecule has 0 aliphatic carbocycles. The fraction of sp³-hybridized carbons (Fsp3) is 0.846. The number of amides is 2. The molecule has 1 heterocycles. The topological polar surface area (TPSA) is 70.2 Å². The van der Waals surface area contributed by atoms with Gasteiger partial charge in [-0.15, -0.1) is 0 Å². The lowest BCUT2D eigenvalue weighted by Crippen LogP contribution is -2.42. The number of nitrogens with one attached hydrogen (secondary N) is 3. The minimum atomic E-state index is -0.312. The molecule has 0 spiro atoms. The molecule has 0 radical (unpaired) electrons. The van der Waals surface area contributed by atoms with Gasteiger partial charge in [0, 0.05) is 25.6 Å². The van der Waals surface area contributed by atoms with Crippen molar-refractivity contribution in [2.24, 2.45) is 5.41 Å². The van der Waals surface area contributed by atoms with E-state index in [-0.39, 0.29) is 23.3 Å². The second-order valence-corrected chi connectivity index (χ2v) is 5.37. The van der Waals surface area contributed by atoms with E-state index in [1.54, 1.807) is 0 Å². The highest BCUT2D eigenvalue weighted by Crippen LogP contribution is 2.24. The second-order valence-electron chi connectivity index (χ2n) is 5.37. The van der Waals surface area contributed by atoms with Crippen LogP contribution in [0.2, 0.25) is 0 Å². The van der Waals surface area contributed by atoms with Crippen LogP contribution in [0, 0.1) is 5.41 Å². The molecule has 1 rings (SSSR count). The standard InChI is InChI=1S/C13H25N3O2/c1-4-10(2)16-11(17)5-7-15-12(18)13(3)6-8-14-9-13/h10,14H,4-9H2,1-3H3,(H,15,18)(H,16,17). The fourth-order valence-corrected chi connectivity index (χ4v) is 1.96. The molecule has 0 aromatic heterocycles. The van der Waals surface area contributed by atoms with Crippen LogP contribution < -0.4 is 16.0 Å². The fourth-order valence-electron chi connectivity index (χ4n) is 1.96. The first-order chi connectivity index (χ1) is 8.48. The van der Waals surface area contributed by atoms with Gasteiger partial charge in [0.15, 0.2) is 0 Å². The average molecular weight is 255 g/mol. The molecule has 1 aliphatic heterocycles. The van der Waals surface area contributed by atoms with Gasteiger partial charge in [-0.2, -0.15) is 0 Å². The van der Waals surface area contributed by atoms with Crippen LogP contribution in [0.5, 0.6) is 0 Å².